The molecule has 194 valence electrons. The average molecular weight is 501 g/mol. The van der Waals surface area contributed by atoms with Crippen LogP contribution in [0.4, 0.5) is 0 Å². The standard InChI is InChI=1S/C31H36N2O4/c1-2-32-17-19-36-28-13-6-5-10-26(28)11-7-8-16-31(30(32)35)23-33(18-20-37-31)29(34)22-24-14-15-25-9-3-4-12-27(25)21-24/h3-6,9-10,12-15,21H,2,7-8,11,16-20,22-23H2,1H3. The summed E-state index contributed by atoms with van der Waals surface area (Å²) in [6.45, 7) is 4.64. The molecular formula is C31H36N2O4. The Labute approximate surface area is 219 Å². The first kappa shape index (κ1) is 25.3. The second kappa shape index (κ2) is 11.3. The lowest BCUT2D eigenvalue weighted by Gasteiger charge is -2.44. The van der Waals surface area contributed by atoms with Gasteiger partial charge in [-0.3, -0.25) is 9.59 Å². The van der Waals surface area contributed by atoms with E-state index in [9.17, 15) is 9.59 Å². The minimum Gasteiger partial charge on any atom is -0.491 e. The van der Waals surface area contributed by atoms with Crippen LogP contribution in [0.25, 0.3) is 10.8 Å². The minimum atomic E-state index is -1.01. The fourth-order valence-electron chi connectivity index (χ4n) is 5.55. The highest BCUT2D eigenvalue weighted by Gasteiger charge is 2.46. The molecule has 0 saturated carbocycles. The van der Waals surface area contributed by atoms with E-state index in [0.717, 1.165) is 41.3 Å². The summed E-state index contributed by atoms with van der Waals surface area (Å²) >= 11 is 0. The highest BCUT2D eigenvalue weighted by atomic mass is 16.5. The summed E-state index contributed by atoms with van der Waals surface area (Å²) in [6, 6.07) is 22.5. The molecule has 1 unspecified atom stereocenters. The molecule has 1 spiro atoms. The molecular weight excluding hydrogens is 464 g/mol. The van der Waals surface area contributed by atoms with Crippen molar-refractivity contribution in [1.82, 2.24) is 9.80 Å². The van der Waals surface area contributed by atoms with E-state index < -0.39 is 5.60 Å². The first-order valence-electron chi connectivity index (χ1n) is 13.5. The van der Waals surface area contributed by atoms with Gasteiger partial charge in [-0.25, -0.2) is 0 Å². The number of para-hydroxylation sites is 1. The number of carbonyl (C=O) groups is 2. The topological polar surface area (TPSA) is 59.1 Å². The number of nitrogens with zero attached hydrogens (tertiary/aromatic N) is 2. The van der Waals surface area contributed by atoms with E-state index in [-0.39, 0.29) is 11.8 Å². The summed E-state index contributed by atoms with van der Waals surface area (Å²) in [5.41, 5.74) is 1.18. The van der Waals surface area contributed by atoms with E-state index in [4.69, 9.17) is 9.47 Å². The Hall–Kier alpha value is -3.38. The van der Waals surface area contributed by atoms with Gasteiger partial charge in [-0.1, -0.05) is 60.7 Å². The van der Waals surface area contributed by atoms with Crippen LogP contribution in [-0.4, -0.2) is 66.6 Å². The van der Waals surface area contributed by atoms with Crippen molar-refractivity contribution >= 4 is 22.6 Å². The largest absolute Gasteiger partial charge is 0.491 e. The molecule has 0 radical (unpaired) electrons. The summed E-state index contributed by atoms with van der Waals surface area (Å²) in [5, 5.41) is 2.29. The lowest BCUT2D eigenvalue weighted by atomic mass is 9.90. The van der Waals surface area contributed by atoms with Crippen molar-refractivity contribution in [2.45, 2.75) is 44.6 Å². The van der Waals surface area contributed by atoms with Crippen molar-refractivity contribution in [3.8, 4) is 5.75 Å². The van der Waals surface area contributed by atoms with E-state index in [1.807, 2.05) is 53.1 Å². The number of likely N-dealkylation sites (N-methyl/N-ethyl adjacent to an activating group) is 1. The van der Waals surface area contributed by atoms with Crippen LogP contribution in [0, 0.1) is 0 Å². The second-order valence-corrected chi connectivity index (χ2v) is 10.1. The zero-order chi connectivity index (χ0) is 25.7. The van der Waals surface area contributed by atoms with Crippen LogP contribution in [0.5, 0.6) is 5.75 Å². The molecule has 3 aromatic rings. The highest BCUT2D eigenvalue weighted by molar-refractivity contribution is 5.88. The molecule has 0 bridgehead atoms. The maximum absolute atomic E-state index is 13.9. The Morgan fingerprint density at radius 3 is 2.62 bits per heavy atom. The molecule has 37 heavy (non-hydrogen) atoms. The number of amides is 2. The highest BCUT2D eigenvalue weighted by Crippen LogP contribution is 2.30. The lowest BCUT2D eigenvalue weighted by molar-refractivity contribution is -0.176. The molecule has 2 heterocycles. The van der Waals surface area contributed by atoms with Crippen molar-refractivity contribution < 1.29 is 19.1 Å². The molecule has 0 aromatic heterocycles. The smallest absolute Gasteiger partial charge is 0.256 e. The van der Waals surface area contributed by atoms with E-state index in [1.54, 1.807) is 0 Å². The molecule has 2 aliphatic rings. The third-order valence-electron chi connectivity index (χ3n) is 7.63. The number of hydrogen-bond donors (Lipinski definition) is 0. The normalized spacial score (nSPS) is 21.2. The van der Waals surface area contributed by atoms with Gasteiger partial charge in [0.05, 0.1) is 26.1 Å². The van der Waals surface area contributed by atoms with Gasteiger partial charge in [-0.15, -0.1) is 0 Å². The Morgan fingerprint density at radius 1 is 0.946 bits per heavy atom. The lowest BCUT2D eigenvalue weighted by Crippen LogP contribution is -2.62. The van der Waals surface area contributed by atoms with Gasteiger partial charge in [-0.2, -0.15) is 0 Å². The summed E-state index contributed by atoms with van der Waals surface area (Å²) in [4.78, 5) is 31.0. The predicted octanol–water partition coefficient (Wildman–Crippen LogP) is 4.63. The summed E-state index contributed by atoms with van der Waals surface area (Å²) in [5.74, 6) is 0.911. The Morgan fingerprint density at radius 2 is 1.76 bits per heavy atom. The van der Waals surface area contributed by atoms with Crippen molar-refractivity contribution in [1.29, 1.82) is 0 Å². The fourth-order valence-corrected chi connectivity index (χ4v) is 5.55. The average Bonchev–Trinajstić information content (AvgIpc) is 2.93. The van der Waals surface area contributed by atoms with Crippen LogP contribution >= 0.6 is 0 Å². The van der Waals surface area contributed by atoms with Crippen LogP contribution in [0.1, 0.15) is 37.3 Å². The molecule has 1 saturated heterocycles. The minimum absolute atomic E-state index is 0.0318. The summed E-state index contributed by atoms with van der Waals surface area (Å²) in [7, 11) is 0. The first-order valence-corrected chi connectivity index (χ1v) is 13.5. The summed E-state index contributed by atoms with van der Waals surface area (Å²) < 4.78 is 12.4. The van der Waals surface area contributed by atoms with Crippen LogP contribution in [0.15, 0.2) is 66.7 Å². The molecule has 1 atom stereocenters. The third-order valence-corrected chi connectivity index (χ3v) is 7.63. The number of aryl methyl sites for hydroxylation is 1. The Kier molecular flexibility index (Phi) is 7.75. The zero-order valence-electron chi connectivity index (χ0n) is 21.7. The number of rotatable bonds is 3. The third kappa shape index (κ3) is 5.64. The molecule has 6 nitrogen and oxygen atoms in total. The van der Waals surface area contributed by atoms with Gasteiger partial charge < -0.3 is 19.3 Å². The Balaban J connectivity index is 1.33. The monoisotopic (exact) mass is 500 g/mol. The van der Waals surface area contributed by atoms with Crippen molar-refractivity contribution in [2.24, 2.45) is 0 Å². The van der Waals surface area contributed by atoms with Gasteiger partial charge in [0.1, 0.15) is 12.4 Å². The van der Waals surface area contributed by atoms with Gasteiger partial charge in [0.2, 0.25) is 5.91 Å². The van der Waals surface area contributed by atoms with Gasteiger partial charge in [-0.05, 0) is 60.6 Å². The van der Waals surface area contributed by atoms with Crippen LogP contribution < -0.4 is 4.74 Å². The Bertz CT molecular complexity index is 1260. The number of fused-ring (bicyclic) bond motifs is 2. The van der Waals surface area contributed by atoms with Crippen LogP contribution in [0.2, 0.25) is 0 Å². The van der Waals surface area contributed by atoms with E-state index in [0.29, 0.717) is 52.2 Å². The number of ether oxygens (including phenoxy) is 2. The molecule has 2 aliphatic heterocycles. The van der Waals surface area contributed by atoms with E-state index in [1.165, 1.54) is 5.56 Å². The van der Waals surface area contributed by atoms with Crippen molar-refractivity contribution in [2.75, 3.05) is 39.4 Å². The SMILES string of the molecule is CCN1CCOc2ccccc2CCCCC2(CN(C(=O)Cc3ccc4ccccc4c3)CCO2)C1=O. The number of hydrogen-bond acceptors (Lipinski definition) is 4. The number of morpholine rings is 1. The maximum atomic E-state index is 13.9. The molecule has 5 rings (SSSR count). The molecule has 0 aliphatic carbocycles. The quantitative estimate of drug-likeness (QED) is 0.526. The first-order chi connectivity index (χ1) is 18.1. The number of carbonyl (C=O) groups excluding carboxylic acids is 2. The second-order valence-electron chi connectivity index (χ2n) is 10.1. The van der Waals surface area contributed by atoms with Gasteiger partial charge in [0, 0.05) is 13.1 Å². The molecule has 1 fully saturated rings. The van der Waals surface area contributed by atoms with Gasteiger partial charge >= 0.3 is 0 Å². The molecule has 2 amide bonds. The fraction of sp³-hybridized carbons (Fsp3) is 0.419. The van der Waals surface area contributed by atoms with Crippen LogP contribution in [0.3, 0.4) is 0 Å². The van der Waals surface area contributed by atoms with E-state index >= 15 is 0 Å². The summed E-state index contributed by atoms with van der Waals surface area (Å²) in [6.07, 6.45) is 3.57. The van der Waals surface area contributed by atoms with Gasteiger partial charge in [0.15, 0.2) is 5.60 Å². The molecule has 0 N–H and O–H groups in total. The molecule has 3 aromatic carbocycles. The van der Waals surface area contributed by atoms with Crippen molar-refractivity contribution in [3.63, 3.8) is 0 Å². The predicted molar refractivity (Wildman–Crippen MR) is 145 cm³/mol. The maximum Gasteiger partial charge on any atom is 0.256 e. The van der Waals surface area contributed by atoms with Crippen molar-refractivity contribution in [3.05, 3.63) is 77.9 Å². The zero-order valence-corrected chi connectivity index (χ0v) is 21.7. The molecule has 6 heteroatoms. The van der Waals surface area contributed by atoms with Gasteiger partial charge in [0.25, 0.3) is 5.91 Å². The number of benzene rings is 3. The van der Waals surface area contributed by atoms with Crippen LogP contribution in [-0.2, 0) is 27.2 Å². The van der Waals surface area contributed by atoms with E-state index in [2.05, 4.69) is 30.3 Å².